The maximum Gasteiger partial charge on any atom is 0.434 e. The Kier molecular flexibility index (Phi) is 4.55. The van der Waals surface area contributed by atoms with E-state index in [4.69, 9.17) is 0 Å². The van der Waals surface area contributed by atoms with Crippen molar-refractivity contribution in [3.63, 3.8) is 0 Å². The summed E-state index contributed by atoms with van der Waals surface area (Å²) in [6, 6.07) is 7.71. The largest absolute Gasteiger partial charge is 0.434 e. The third-order valence-corrected chi connectivity index (χ3v) is 5.49. The SMILES string of the molecule is O=C(Cc1ccc2cc[nH]c2c1)NC1CCN(c2nc(C(F)(F)F)cs2)C1. The Labute approximate surface area is 157 Å². The van der Waals surface area contributed by atoms with Gasteiger partial charge < -0.3 is 15.2 Å². The average Bonchev–Trinajstić information content (AvgIpc) is 3.33. The number of benzene rings is 1. The minimum absolute atomic E-state index is 0.0926. The zero-order valence-electron chi connectivity index (χ0n) is 14.2. The second-order valence-corrected chi connectivity index (χ2v) is 7.42. The van der Waals surface area contributed by atoms with Crippen molar-refractivity contribution in [3.05, 3.63) is 47.1 Å². The summed E-state index contributed by atoms with van der Waals surface area (Å²) in [6.07, 6.45) is -1.63. The van der Waals surface area contributed by atoms with E-state index in [1.165, 1.54) is 0 Å². The third kappa shape index (κ3) is 3.92. The summed E-state index contributed by atoms with van der Waals surface area (Å²) in [4.78, 5) is 20.9. The minimum Gasteiger partial charge on any atom is -0.361 e. The second-order valence-electron chi connectivity index (χ2n) is 6.59. The molecule has 142 valence electrons. The van der Waals surface area contributed by atoms with E-state index >= 15 is 0 Å². The van der Waals surface area contributed by atoms with Gasteiger partial charge in [-0.25, -0.2) is 4.98 Å². The maximum atomic E-state index is 12.7. The zero-order chi connectivity index (χ0) is 19.0. The summed E-state index contributed by atoms with van der Waals surface area (Å²) < 4.78 is 38.1. The molecule has 1 aromatic carbocycles. The summed E-state index contributed by atoms with van der Waals surface area (Å²) in [7, 11) is 0. The van der Waals surface area contributed by atoms with Gasteiger partial charge in [-0.2, -0.15) is 13.2 Å². The van der Waals surface area contributed by atoms with Gasteiger partial charge in [0, 0.05) is 36.2 Å². The molecule has 0 radical (unpaired) electrons. The first kappa shape index (κ1) is 17.8. The number of nitrogens with one attached hydrogen (secondary N) is 2. The van der Waals surface area contributed by atoms with Crippen LogP contribution in [0.5, 0.6) is 0 Å². The van der Waals surface area contributed by atoms with E-state index in [0.29, 0.717) is 24.6 Å². The van der Waals surface area contributed by atoms with E-state index in [-0.39, 0.29) is 18.4 Å². The molecule has 2 N–H and O–H groups in total. The molecule has 1 aliphatic rings. The molecule has 9 heteroatoms. The quantitative estimate of drug-likeness (QED) is 0.711. The molecule has 1 amide bonds. The Morgan fingerprint density at radius 1 is 1.37 bits per heavy atom. The first-order chi connectivity index (χ1) is 12.9. The number of rotatable bonds is 4. The van der Waals surface area contributed by atoms with Crippen molar-refractivity contribution in [3.8, 4) is 0 Å². The van der Waals surface area contributed by atoms with Gasteiger partial charge in [-0.05, 0) is 29.5 Å². The molecule has 0 bridgehead atoms. The number of alkyl halides is 3. The molecule has 1 aliphatic heterocycles. The smallest absolute Gasteiger partial charge is 0.361 e. The normalized spacial score (nSPS) is 17.6. The molecule has 2 aromatic heterocycles. The van der Waals surface area contributed by atoms with Crippen molar-refractivity contribution in [2.75, 3.05) is 18.0 Å². The number of thiazole rings is 1. The highest BCUT2D eigenvalue weighted by Crippen LogP contribution is 2.33. The number of carbonyl (C=O) groups is 1. The van der Waals surface area contributed by atoms with Gasteiger partial charge in [-0.15, -0.1) is 11.3 Å². The molecule has 1 unspecified atom stereocenters. The highest BCUT2D eigenvalue weighted by molar-refractivity contribution is 7.13. The Morgan fingerprint density at radius 3 is 3.00 bits per heavy atom. The van der Waals surface area contributed by atoms with Crippen LogP contribution in [0.1, 0.15) is 17.7 Å². The van der Waals surface area contributed by atoms with Gasteiger partial charge in [0.25, 0.3) is 0 Å². The van der Waals surface area contributed by atoms with Crippen molar-refractivity contribution in [1.29, 1.82) is 0 Å². The number of halogens is 3. The maximum absolute atomic E-state index is 12.7. The van der Waals surface area contributed by atoms with Crippen LogP contribution in [-0.2, 0) is 17.4 Å². The van der Waals surface area contributed by atoms with Gasteiger partial charge in [0.2, 0.25) is 5.91 Å². The van der Waals surface area contributed by atoms with Crippen molar-refractivity contribution in [2.24, 2.45) is 0 Å². The van der Waals surface area contributed by atoms with E-state index in [9.17, 15) is 18.0 Å². The van der Waals surface area contributed by atoms with Gasteiger partial charge in [0.15, 0.2) is 10.8 Å². The number of aromatic amines is 1. The van der Waals surface area contributed by atoms with Gasteiger partial charge >= 0.3 is 6.18 Å². The molecule has 5 nitrogen and oxygen atoms in total. The Bertz CT molecular complexity index is 965. The van der Waals surface area contributed by atoms with Crippen LogP contribution in [0.25, 0.3) is 10.9 Å². The number of carbonyl (C=O) groups excluding carboxylic acids is 1. The lowest BCUT2D eigenvalue weighted by Crippen LogP contribution is -2.38. The van der Waals surface area contributed by atoms with Crippen molar-refractivity contribution >= 4 is 33.3 Å². The minimum atomic E-state index is -4.43. The number of hydrogen-bond acceptors (Lipinski definition) is 4. The van der Waals surface area contributed by atoms with Crippen LogP contribution in [0, 0.1) is 0 Å². The van der Waals surface area contributed by atoms with Crippen molar-refractivity contribution < 1.29 is 18.0 Å². The lowest BCUT2D eigenvalue weighted by Gasteiger charge is -2.16. The van der Waals surface area contributed by atoms with Gasteiger partial charge in [0.1, 0.15) is 0 Å². The molecule has 3 aromatic rings. The standard InChI is InChI=1S/C18H17F3N4OS/c19-18(20,21)15-10-27-17(24-15)25-6-4-13(9-25)23-16(26)8-11-1-2-12-3-5-22-14(12)7-11/h1-3,5,7,10,13,22H,4,6,8-9H2,(H,23,26). The fraction of sp³-hybridized carbons (Fsp3) is 0.333. The van der Waals surface area contributed by atoms with E-state index < -0.39 is 11.9 Å². The fourth-order valence-corrected chi connectivity index (χ4v) is 4.13. The molecule has 0 aliphatic carbocycles. The molecule has 4 rings (SSSR count). The Balaban J connectivity index is 1.33. The van der Waals surface area contributed by atoms with Crippen LogP contribution in [-0.4, -0.2) is 35.0 Å². The number of H-pyrrole nitrogens is 1. The number of fused-ring (bicyclic) bond motifs is 1. The Morgan fingerprint density at radius 2 is 2.22 bits per heavy atom. The number of amides is 1. The first-order valence-electron chi connectivity index (χ1n) is 8.51. The topological polar surface area (TPSA) is 61.0 Å². The van der Waals surface area contributed by atoms with Crippen LogP contribution < -0.4 is 10.2 Å². The summed E-state index contributed by atoms with van der Waals surface area (Å²) in [5, 5.41) is 5.43. The lowest BCUT2D eigenvalue weighted by atomic mass is 10.1. The molecule has 27 heavy (non-hydrogen) atoms. The molecule has 3 heterocycles. The highest BCUT2D eigenvalue weighted by Gasteiger charge is 2.35. The third-order valence-electron chi connectivity index (χ3n) is 4.59. The molecular weight excluding hydrogens is 377 g/mol. The molecule has 1 saturated heterocycles. The van der Waals surface area contributed by atoms with Crippen LogP contribution in [0.2, 0.25) is 0 Å². The summed E-state index contributed by atoms with van der Waals surface area (Å²) in [5.41, 5.74) is 1.03. The second kappa shape index (κ2) is 6.88. The van der Waals surface area contributed by atoms with E-state index in [1.807, 2.05) is 30.5 Å². The Hall–Kier alpha value is -2.55. The molecule has 0 spiro atoms. The molecular formula is C18H17F3N4OS. The molecule has 0 saturated carbocycles. The van der Waals surface area contributed by atoms with Crippen LogP contribution in [0.3, 0.4) is 0 Å². The van der Waals surface area contributed by atoms with Gasteiger partial charge in [-0.3, -0.25) is 4.79 Å². The van der Waals surface area contributed by atoms with Gasteiger partial charge in [-0.1, -0.05) is 12.1 Å². The van der Waals surface area contributed by atoms with Crippen molar-refractivity contribution in [1.82, 2.24) is 15.3 Å². The predicted molar refractivity (Wildman–Crippen MR) is 97.9 cm³/mol. The van der Waals surface area contributed by atoms with E-state index in [1.54, 1.807) is 4.90 Å². The first-order valence-corrected chi connectivity index (χ1v) is 9.39. The van der Waals surface area contributed by atoms with Crippen LogP contribution in [0.4, 0.5) is 18.3 Å². The van der Waals surface area contributed by atoms with E-state index in [2.05, 4.69) is 15.3 Å². The van der Waals surface area contributed by atoms with Crippen LogP contribution >= 0.6 is 11.3 Å². The van der Waals surface area contributed by atoms with E-state index in [0.717, 1.165) is 33.2 Å². The predicted octanol–water partition coefficient (Wildman–Crippen LogP) is 3.58. The monoisotopic (exact) mass is 394 g/mol. The van der Waals surface area contributed by atoms with Gasteiger partial charge in [0.05, 0.1) is 6.42 Å². The fourth-order valence-electron chi connectivity index (χ4n) is 3.26. The highest BCUT2D eigenvalue weighted by atomic mass is 32.1. The number of nitrogens with zero attached hydrogens (tertiary/aromatic N) is 2. The number of hydrogen-bond donors (Lipinski definition) is 2. The van der Waals surface area contributed by atoms with Crippen LogP contribution in [0.15, 0.2) is 35.8 Å². The summed E-state index contributed by atoms with van der Waals surface area (Å²) in [5.74, 6) is -0.0946. The summed E-state index contributed by atoms with van der Waals surface area (Å²) >= 11 is 0.978. The molecule has 1 fully saturated rings. The number of anilines is 1. The van der Waals surface area contributed by atoms with Crippen molar-refractivity contribution in [2.45, 2.75) is 25.1 Å². The lowest BCUT2D eigenvalue weighted by molar-refractivity contribution is -0.140. The number of aromatic nitrogens is 2. The summed E-state index contributed by atoms with van der Waals surface area (Å²) in [6.45, 7) is 1.04. The molecule has 1 atom stereocenters. The average molecular weight is 394 g/mol. The zero-order valence-corrected chi connectivity index (χ0v) is 15.0.